The molecule has 1 heterocycles. The number of hydrogen-bond acceptors (Lipinski definition) is 2. The Balaban J connectivity index is 2.38. The van der Waals surface area contributed by atoms with Gasteiger partial charge in [0.2, 0.25) is 0 Å². The Morgan fingerprint density at radius 2 is 2.56 bits per heavy atom. The lowest BCUT2D eigenvalue weighted by Crippen LogP contribution is -2.11. The van der Waals surface area contributed by atoms with Crippen LogP contribution in [0.5, 0.6) is 0 Å². The predicted molar refractivity (Wildman–Crippen MR) is 39.5 cm³/mol. The molecule has 0 saturated heterocycles. The second-order valence-electron chi connectivity index (χ2n) is 2.01. The van der Waals surface area contributed by atoms with Crippen molar-refractivity contribution in [2.45, 2.75) is 19.8 Å². The molecule has 1 aliphatic heterocycles. The summed E-state index contributed by atoms with van der Waals surface area (Å²) in [7, 11) is 0. The second-order valence-corrected chi connectivity index (χ2v) is 2.01. The predicted octanol–water partition coefficient (Wildman–Crippen LogP) is 1.30. The van der Waals surface area contributed by atoms with E-state index < -0.39 is 0 Å². The van der Waals surface area contributed by atoms with Crippen molar-refractivity contribution in [2.24, 2.45) is 4.99 Å². The maximum absolute atomic E-state index is 4.14. The van der Waals surface area contributed by atoms with Crippen molar-refractivity contribution in [3.05, 3.63) is 11.9 Å². The molecule has 50 valence electrons. The summed E-state index contributed by atoms with van der Waals surface area (Å²) in [4.78, 5) is 4.14. The Labute approximate surface area is 55.7 Å². The molecule has 9 heavy (non-hydrogen) atoms. The van der Waals surface area contributed by atoms with Gasteiger partial charge in [-0.2, -0.15) is 0 Å². The van der Waals surface area contributed by atoms with Crippen molar-refractivity contribution in [3.8, 4) is 0 Å². The number of nitrogens with one attached hydrogen (secondary N) is 1. The first-order valence-corrected chi connectivity index (χ1v) is 3.40. The van der Waals surface area contributed by atoms with Crippen LogP contribution in [0.2, 0.25) is 0 Å². The number of rotatable bonds is 2. The third-order valence-corrected chi connectivity index (χ3v) is 1.22. The summed E-state index contributed by atoms with van der Waals surface area (Å²) < 4.78 is 0. The van der Waals surface area contributed by atoms with Crippen LogP contribution in [0.15, 0.2) is 16.9 Å². The van der Waals surface area contributed by atoms with Gasteiger partial charge in [-0.05, 0) is 25.8 Å². The molecule has 0 aromatic carbocycles. The standard InChI is InChI=1S/C7H12N2/c1-2-8-7-5-3-4-6-9-7/h5-6,8H,2-4H2,1H3. The van der Waals surface area contributed by atoms with Gasteiger partial charge in [-0.15, -0.1) is 0 Å². The third-order valence-electron chi connectivity index (χ3n) is 1.22. The van der Waals surface area contributed by atoms with E-state index in [1.54, 1.807) is 0 Å². The van der Waals surface area contributed by atoms with Gasteiger partial charge in [0.1, 0.15) is 5.82 Å². The zero-order valence-corrected chi connectivity index (χ0v) is 5.72. The number of hydrogen-bond donors (Lipinski definition) is 1. The Morgan fingerprint density at radius 1 is 1.67 bits per heavy atom. The minimum Gasteiger partial charge on any atom is -0.371 e. The van der Waals surface area contributed by atoms with Gasteiger partial charge in [-0.25, -0.2) is 4.99 Å². The molecule has 2 heteroatoms. The van der Waals surface area contributed by atoms with Crippen molar-refractivity contribution < 1.29 is 0 Å². The first-order chi connectivity index (χ1) is 4.43. The van der Waals surface area contributed by atoms with Crippen LogP contribution in [0.3, 0.4) is 0 Å². The van der Waals surface area contributed by atoms with Crippen molar-refractivity contribution in [2.75, 3.05) is 6.54 Å². The molecule has 0 fully saturated rings. The van der Waals surface area contributed by atoms with E-state index in [9.17, 15) is 0 Å². The topological polar surface area (TPSA) is 24.4 Å². The molecule has 1 N–H and O–H groups in total. The van der Waals surface area contributed by atoms with Crippen LogP contribution < -0.4 is 5.32 Å². The highest BCUT2D eigenvalue weighted by atomic mass is 15.0. The molecule has 0 aromatic heterocycles. The molecule has 1 rings (SSSR count). The first kappa shape index (κ1) is 6.33. The maximum Gasteiger partial charge on any atom is 0.121 e. The van der Waals surface area contributed by atoms with Crippen molar-refractivity contribution in [1.29, 1.82) is 0 Å². The summed E-state index contributed by atoms with van der Waals surface area (Å²) >= 11 is 0. The third kappa shape index (κ3) is 1.88. The second kappa shape index (κ2) is 3.28. The highest BCUT2D eigenvalue weighted by molar-refractivity contribution is 5.60. The molecule has 0 saturated carbocycles. The Hall–Kier alpha value is -0.790. The molecule has 0 bridgehead atoms. The van der Waals surface area contributed by atoms with E-state index in [1.807, 2.05) is 6.21 Å². The first-order valence-electron chi connectivity index (χ1n) is 3.40. The van der Waals surface area contributed by atoms with Gasteiger partial charge < -0.3 is 5.32 Å². The lowest BCUT2D eigenvalue weighted by atomic mass is 10.3. The van der Waals surface area contributed by atoms with E-state index in [0.717, 1.165) is 25.2 Å². The zero-order valence-electron chi connectivity index (χ0n) is 5.72. The highest BCUT2D eigenvalue weighted by Crippen LogP contribution is 2.01. The SMILES string of the molecule is CCNC1=CCCC=N1. The van der Waals surface area contributed by atoms with E-state index >= 15 is 0 Å². The minimum atomic E-state index is 0.961. The van der Waals surface area contributed by atoms with E-state index in [0.29, 0.717) is 0 Å². The molecule has 1 aliphatic rings. The smallest absolute Gasteiger partial charge is 0.121 e. The van der Waals surface area contributed by atoms with E-state index in [4.69, 9.17) is 0 Å². The fraction of sp³-hybridized carbons (Fsp3) is 0.571. The van der Waals surface area contributed by atoms with E-state index in [1.165, 1.54) is 0 Å². The van der Waals surface area contributed by atoms with Crippen LogP contribution in [0.4, 0.5) is 0 Å². The molecule has 0 aliphatic carbocycles. The molecule has 0 radical (unpaired) electrons. The number of aliphatic imine (C=N–C) groups is 1. The molecule has 0 atom stereocenters. The van der Waals surface area contributed by atoms with Crippen LogP contribution in [-0.2, 0) is 0 Å². The average Bonchev–Trinajstić information content (AvgIpc) is 1.91. The molecule has 0 amide bonds. The van der Waals surface area contributed by atoms with Gasteiger partial charge in [-0.1, -0.05) is 0 Å². The summed E-state index contributed by atoms with van der Waals surface area (Å²) in [6.45, 7) is 3.04. The lowest BCUT2D eigenvalue weighted by Gasteiger charge is -2.05. The van der Waals surface area contributed by atoms with Crippen LogP contribution in [0.1, 0.15) is 19.8 Å². The Kier molecular flexibility index (Phi) is 2.31. The van der Waals surface area contributed by atoms with Gasteiger partial charge in [0.25, 0.3) is 0 Å². The van der Waals surface area contributed by atoms with Gasteiger partial charge in [-0.3, -0.25) is 0 Å². The quantitative estimate of drug-likeness (QED) is 0.589. The van der Waals surface area contributed by atoms with Gasteiger partial charge in [0.15, 0.2) is 0 Å². The molecule has 0 unspecified atom stereocenters. The van der Waals surface area contributed by atoms with Crippen LogP contribution in [-0.4, -0.2) is 12.8 Å². The van der Waals surface area contributed by atoms with Crippen LogP contribution in [0, 0.1) is 0 Å². The molecule has 0 spiro atoms. The monoisotopic (exact) mass is 124 g/mol. The van der Waals surface area contributed by atoms with Gasteiger partial charge in [0.05, 0.1) is 0 Å². The summed E-state index contributed by atoms with van der Waals surface area (Å²) in [6, 6.07) is 0. The van der Waals surface area contributed by atoms with Gasteiger partial charge >= 0.3 is 0 Å². The Morgan fingerprint density at radius 3 is 3.11 bits per heavy atom. The van der Waals surface area contributed by atoms with Gasteiger partial charge in [0, 0.05) is 12.8 Å². The number of allylic oxidation sites excluding steroid dienone is 1. The zero-order chi connectivity index (χ0) is 6.53. The van der Waals surface area contributed by atoms with E-state index in [-0.39, 0.29) is 0 Å². The lowest BCUT2D eigenvalue weighted by molar-refractivity contribution is 0.819. The fourth-order valence-corrected chi connectivity index (χ4v) is 0.809. The molecular formula is C7H12N2. The molecular weight excluding hydrogens is 112 g/mol. The van der Waals surface area contributed by atoms with Crippen LogP contribution in [0.25, 0.3) is 0 Å². The van der Waals surface area contributed by atoms with Crippen molar-refractivity contribution in [1.82, 2.24) is 5.32 Å². The molecule has 0 aromatic rings. The fourth-order valence-electron chi connectivity index (χ4n) is 0.809. The summed E-state index contributed by atoms with van der Waals surface area (Å²) in [6.07, 6.45) is 6.31. The molecule has 2 nitrogen and oxygen atoms in total. The summed E-state index contributed by atoms with van der Waals surface area (Å²) in [5.41, 5.74) is 0. The van der Waals surface area contributed by atoms with Crippen LogP contribution >= 0.6 is 0 Å². The van der Waals surface area contributed by atoms with Crippen molar-refractivity contribution in [3.63, 3.8) is 0 Å². The largest absolute Gasteiger partial charge is 0.371 e. The summed E-state index contributed by atoms with van der Waals surface area (Å²) in [5, 5.41) is 3.15. The normalized spacial score (nSPS) is 17.2. The highest BCUT2D eigenvalue weighted by Gasteiger charge is 1.93. The van der Waals surface area contributed by atoms with E-state index in [2.05, 4.69) is 23.3 Å². The Bertz CT molecular complexity index is 136. The minimum absolute atomic E-state index is 0.961. The maximum atomic E-state index is 4.14. The van der Waals surface area contributed by atoms with Crippen molar-refractivity contribution >= 4 is 6.21 Å². The average molecular weight is 124 g/mol. The summed E-state index contributed by atoms with van der Waals surface area (Å²) in [5.74, 6) is 1.03. The number of nitrogens with zero attached hydrogens (tertiary/aromatic N) is 1.